The van der Waals surface area contributed by atoms with Crippen LogP contribution in [0.2, 0.25) is 0 Å². The molecule has 0 aliphatic rings. The molecule has 0 aliphatic carbocycles. The lowest BCUT2D eigenvalue weighted by atomic mass is 10.1. The van der Waals surface area contributed by atoms with Gasteiger partial charge in [-0.15, -0.1) is 0 Å². The van der Waals surface area contributed by atoms with Gasteiger partial charge in [-0.3, -0.25) is 0 Å². The van der Waals surface area contributed by atoms with Crippen molar-refractivity contribution in [2.24, 2.45) is 0 Å². The van der Waals surface area contributed by atoms with Crippen LogP contribution in [0.25, 0.3) is 0 Å². The number of rotatable bonds is 2. The first-order valence-electron chi connectivity index (χ1n) is 3.21. The molecule has 0 aromatic heterocycles. The monoisotopic (exact) mass is 140 g/mol. The van der Waals surface area contributed by atoms with Crippen LogP contribution in [-0.2, 0) is 0 Å². The summed E-state index contributed by atoms with van der Waals surface area (Å²) in [6.07, 6.45) is 2.68. The standard InChI is InChI=1S/C9H13F/c1-5-9(10)6-8(4)7(2)3/h5-6H,1H2,2-4H3/b9-6+. The van der Waals surface area contributed by atoms with E-state index in [1.54, 1.807) is 0 Å². The van der Waals surface area contributed by atoms with Crippen LogP contribution in [0.15, 0.2) is 35.7 Å². The predicted octanol–water partition coefficient (Wildman–Crippen LogP) is 3.38. The highest BCUT2D eigenvalue weighted by Gasteiger charge is 1.88. The lowest BCUT2D eigenvalue weighted by Crippen LogP contribution is -1.74. The SMILES string of the molecule is C=C/C(F)=C\C(C)=C(C)C. The van der Waals surface area contributed by atoms with Crippen molar-refractivity contribution in [3.8, 4) is 0 Å². The van der Waals surface area contributed by atoms with Crippen LogP contribution >= 0.6 is 0 Å². The summed E-state index contributed by atoms with van der Waals surface area (Å²) in [4.78, 5) is 0. The van der Waals surface area contributed by atoms with Gasteiger partial charge < -0.3 is 0 Å². The van der Waals surface area contributed by atoms with Gasteiger partial charge in [0.2, 0.25) is 0 Å². The summed E-state index contributed by atoms with van der Waals surface area (Å²) in [5.74, 6) is -0.279. The van der Waals surface area contributed by atoms with Crippen LogP contribution in [0.1, 0.15) is 20.8 Å². The third-order valence-electron chi connectivity index (χ3n) is 1.34. The topological polar surface area (TPSA) is 0 Å². The number of halogens is 1. The lowest BCUT2D eigenvalue weighted by molar-refractivity contribution is 0.666. The Morgan fingerprint density at radius 3 is 2.10 bits per heavy atom. The molecule has 0 radical (unpaired) electrons. The molecule has 0 spiro atoms. The van der Waals surface area contributed by atoms with E-state index in [1.165, 1.54) is 12.2 Å². The van der Waals surface area contributed by atoms with Gasteiger partial charge >= 0.3 is 0 Å². The largest absolute Gasteiger partial charge is 0.207 e. The molecule has 0 saturated heterocycles. The van der Waals surface area contributed by atoms with Gasteiger partial charge in [0, 0.05) is 0 Å². The zero-order valence-corrected chi connectivity index (χ0v) is 6.74. The second-order valence-electron chi connectivity index (χ2n) is 2.42. The molecule has 0 bridgehead atoms. The van der Waals surface area contributed by atoms with E-state index in [1.807, 2.05) is 20.8 Å². The second-order valence-corrected chi connectivity index (χ2v) is 2.42. The minimum Gasteiger partial charge on any atom is -0.207 e. The molecule has 0 amide bonds. The Kier molecular flexibility index (Phi) is 3.70. The van der Waals surface area contributed by atoms with Crippen LogP contribution in [0.4, 0.5) is 4.39 Å². The highest BCUT2D eigenvalue weighted by Crippen LogP contribution is 2.08. The zero-order chi connectivity index (χ0) is 8.15. The first-order chi connectivity index (χ1) is 4.57. The molecule has 0 nitrogen and oxygen atoms in total. The summed E-state index contributed by atoms with van der Waals surface area (Å²) in [6.45, 7) is 9.07. The molecule has 0 rings (SSSR count). The summed E-state index contributed by atoms with van der Waals surface area (Å²) < 4.78 is 12.5. The van der Waals surface area contributed by atoms with E-state index in [2.05, 4.69) is 6.58 Å². The van der Waals surface area contributed by atoms with Crippen molar-refractivity contribution in [1.29, 1.82) is 0 Å². The van der Waals surface area contributed by atoms with Crippen molar-refractivity contribution in [2.75, 3.05) is 0 Å². The molecule has 0 saturated carbocycles. The third-order valence-corrected chi connectivity index (χ3v) is 1.34. The first-order valence-corrected chi connectivity index (χ1v) is 3.21. The fourth-order valence-corrected chi connectivity index (χ4v) is 0.410. The Hall–Kier alpha value is -0.850. The minimum atomic E-state index is -0.279. The molecule has 0 heterocycles. The fourth-order valence-electron chi connectivity index (χ4n) is 0.410. The Bertz CT molecular complexity index is 181. The summed E-state index contributed by atoms with van der Waals surface area (Å²) in [5, 5.41) is 0. The average molecular weight is 140 g/mol. The minimum absolute atomic E-state index is 0.279. The van der Waals surface area contributed by atoms with Gasteiger partial charge in [0.05, 0.1) is 0 Å². The molecule has 10 heavy (non-hydrogen) atoms. The van der Waals surface area contributed by atoms with E-state index in [9.17, 15) is 4.39 Å². The highest BCUT2D eigenvalue weighted by atomic mass is 19.1. The maximum Gasteiger partial charge on any atom is 0.122 e. The van der Waals surface area contributed by atoms with E-state index < -0.39 is 0 Å². The van der Waals surface area contributed by atoms with Crippen molar-refractivity contribution >= 4 is 0 Å². The molecule has 1 heteroatoms. The summed E-state index contributed by atoms with van der Waals surface area (Å²) in [5.41, 5.74) is 2.08. The van der Waals surface area contributed by atoms with Crippen LogP contribution in [-0.4, -0.2) is 0 Å². The molecule has 0 fully saturated rings. The van der Waals surface area contributed by atoms with Crippen molar-refractivity contribution in [3.05, 3.63) is 35.7 Å². The van der Waals surface area contributed by atoms with Crippen LogP contribution in [0, 0.1) is 0 Å². The van der Waals surface area contributed by atoms with Crippen molar-refractivity contribution in [1.82, 2.24) is 0 Å². The van der Waals surface area contributed by atoms with Crippen molar-refractivity contribution in [2.45, 2.75) is 20.8 Å². The van der Waals surface area contributed by atoms with E-state index in [0.29, 0.717) is 0 Å². The van der Waals surface area contributed by atoms with E-state index in [0.717, 1.165) is 11.1 Å². The zero-order valence-electron chi connectivity index (χ0n) is 6.74. The van der Waals surface area contributed by atoms with Crippen molar-refractivity contribution < 1.29 is 4.39 Å². The lowest BCUT2D eigenvalue weighted by Gasteiger charge is -1.94. The second kappa shape index (κ2) is 4.04. The number of hydrogen-bond acceptors (Lipinski definition) is 0. The highest BCUT2D eigenvalue weighted by molar-refractivity contribution is 5.26. The van der Waals surface area contributed by atoms with Crippen molar-refractivity contribution in [3.63, 3.8) is 0 Å². The van der Waals surface area contributed by atoms with Gasteiger partial charge in [-0.25, -0.2) is 4.39 Å². The molecule has 0 aliphatic heterocycles. The molecule has 0 N–H and O–H groups in total. The smallest absolute Gasteiger partial charge is 0.122 e. The number of allylic oxidation sites excluding steroid dienone is 5. The van der Waals surface area contributed by atoms with Gasteiger partial charge in [-0.05, 0) is 38.5 Å². The van der Waals surface area contributed by atoms with Crippen LogP contribution in [0.5, 0.6) is 0 Å². The maximum absolute atomic E-state index is 12.5. The summed E-state index contributed by atoms with van der Waals surface area (Å²) >= 11 is 0. The third kappa shape index (κ3) is 3.23. The number of hydrogen-bond donors (Lipinski definition) is 0. The molecule has 0 unspecified atom stereocenters. The maximum atomic E-state index is 12.5. The summed E-state index contributed by atoms with van der Waals surface area (Å²) in [7, 11) is 0. The molecular formula is C9H13F. The Balaban J connectivity index is 4.42. The fraction of sp³-hybridized carbons (Fsp3) is 0.333. The van der Waals surface area contributed by atoms with Crippen LogP contribution < -0.4 is 0 Å². The van der Waals surface area contributed by atoms with Gasteiger partial charge in [0.15, 0.2) is 0 Å². The van der Waals surface area contributed by atoms with Gasteiger partial charge in [-0.1, -0.05) is 12.2 Å². The van der Waals surface area contributed by atoms with Gasteiger partial charge in [0.25, 0.3) is 0 Å². The van der Waals surface area contributed by atoms with Gasteiger partial charge in [-0.2, -0.15) is 0 Å². The van der Waals surface area contributed by atoms with E-state index in [-0.39, 0.29) is 5.83 Å². The van der Waals surface area contributed by atoms with E-state index in [4.69, 9.17) is 0 Å². The molecule has 0 aromatic carbocycles. The summed E-state index contributed by atoms with van der Waals surface area (Å²) in [6, 6.07) is 0. The van der Waals surface area contributed by atoms with E-state index >= 15 is 0 Å². The Morgan fingerprint density at radius 2 is 1.80 bits per heavy atom. The molecular weight excluding hydrogens is 127 g/mol. The predicted molar refractivity (Wildman–Crippen MR) is 43.4 cm³/mol. The Morgan fingerprint density at radius 1 is 1.30 bits per heavy atom. The molecule has 0 atom stereocenters. The Labute approximate surface area is 61.8 Å². The quantitative estimate of drug-likeness (QED) is 0.516. The molecule has 56 valence electrons. The molecule has 0 aromatic rings. The van der Waals surface area contributed by atoms with Gasteiger partial charge in [0.1, 0.15) is 5.83 Å². The van der Waals surface area contributed by atoms with Crippen LogP contribution in [0.3, 0.4) is 0 Å². The normalized spacial score (nSPS) is 11.0. The average Bonchev–Trinajstić information content (AvgIpc) is 1.87. The first kappa shape index (κ1) is 9.15.